The summed E-state index contributed by atoms with van der Waals surface area (Å²) in [5.74, 6) is -0.402. The normalized spacial score (nSPS) is 9.64. The molecule has 0 amide bonds. The van der Waals surface area contributed by atoms with Crippen molar-refractivity contribution in [1.82, 2.24) is 0 Å². The van der Waals surface area contributed by atoms with Gasteiger partial charge >= 0.3 is 5.97 Å². The van der Waals surface area contributed by atoms with Gasteiger partial charge in [-0.2, -0.15) is 0 Å². The number of methoxy groups -OCH3 is 1. The molecule has 0 spiro atoms. The summed E-state index contributed by atoms with van der Waals surface area (Å²) in [5.41, 5.74) is 1.08. The monoisotopic (exact) mass is 195 g/mol. The van der Waals surface area contributed by atoms with Crippen LogP contribution in [-0.4, -0.2) is 32.3 Å². The molecule has 1 aromatic carbocycles. The average Bonchev–Trinajstić information content (AvgIpc) is 2.16. The number of rotatable bonds is 2. The zero-order valence-corrected chi connectivity index (χ0v) is 8.44. The molecule has 0 fully saturated rings. The van der Waals surface area contributed by atoms with Crippen molar-refractivity contribution in [2.75, 3.05) is 26.1 Å². The Morgan fingerprint density at radius 2 is 2.07 bits per heavy atom. The van der Waals surface area contributed by atoms with Crippen molar-refractivity contribution in [2.45, 2.75) is 0 Å². The lowest BCUT2D eigenvalue weighted by Gasteiger charge is -2.16. The first kappa shape index (κ1) is 10.4. The van der Waals surface area contributed by atoms with Crippen molar-refractivity contribution in [3.8, 4) is 5.75 Å². The Hall–Kier alpha value is -1.71. The second-order valence-corrected chi connectivity index (χ2v) is 3.09. The van der Waals surface area contributed by atoms with E-state index in [1.54, 1.807) is 11.0 Å². The van der Waals surface area contributed by atoms with Crippen molar-refractivity contribution in [3.63, 3.8) is 0 Å². The molecular formula is C10H13NO3. The van der Waals surface area contributed by atoms with Gasteiger partial charge in [0.25, 0.3) is 0 Å². The van der Waals surface area contributed by atoms with E-state index < -0.39 is 5.97 Å². The van der Waals surface area contributed by atoms with E-state index in [1.807, 2.05) is 14.1 Å². The highest BCUT2D eigenvalue weighted by molar-refractivity contribution is 5.96. The first-order valence-corrected chi connectivity index (χ1v) is 4.15. The number of phenols is 1. The molecule has 0 heterocycles. The summed E-state index contributed by atoms with van der Waals surface area (Å²) in [6, 6.07) is 4.59. The van der Waals surface area contributed by atoms with Crippen LogP contribution in [0.5, 0.6) is 5.75 Å². The van der Waals surface area contributed by atoms with Crippen molar-refractivity contribution < 1.29 is 14.6 Å². The second-order valence-electron chi connectivity index (χ2n) is 3.09. The Morgan fingerprint density at radius 1 is 1.43 bits per heavy atom. The zero-order valence-electron chi connectivity index (χ0n) is 8.44. The third-order valence-corrected chi connectivity index (χ3v) is 1.87. The van der Waals surface area contributed by atoms with E-state index in [4.69, 9.17) is 0 Å². The summed E-state index contributed by atoms with van der Waals surface area (Å²) in [5, 5.41) is 9.24. The van der Waals surface area contributed by atoms with Crippen LogP contribution in [0.15, 0.2) is 18.2 Å². The molecule has 0 atom stereocenters. The molecule has 4 nitrogen and oxygen atoms in total. The van der Waals surface area contributed by atoms with Crippen molar-refractivity contribution in [1.29, 1.82) is 0 Å². The minimum atomic E-state index is -0.454. The van der Waals surface area contributed by atoms with E-state index in [9.17, 15) is 9.90 Å². The minimum Gasteiger partial charge on any atom is -0.508 e. The molecule has 0 aliphatic carbocycles. The number of aromatic hydroxyl groups is 1. The number of esters is 1. The molecule has 1 N–H and O–H groups in total. The van der Waals surface area contributed by atoms with Crippen LogP contribution in [0, 0.1) is 0 Å². The van der Waals surface area contributed by atoms with Crippen LogP contribution < -0.4 is 4.90 Å². The molecule has 0 unspecified atom stereocenters. The lowest BCUT2D eigenvalue weighted by molar-refractivity contribution is 0.0601. The van der Waals surface area contributed by atoms with E-state index in [2.05, 4.69) is 4.74 Å². The number of benzene rings is 1. The number of anilines is 1. The number of phenolic OH excluding ortho intramolecular Hbond substituents is 1. The summed E-state index contributed by atoms with van der Waals surface area (Å²) >= 11 is 0. The van der Waals surface area contributed by atoms with Gasteiger partial charge in [-0.3, -0.25) is 0 Å². The predicted molar refractivity (Wildman–Crippen MR) is 53.8 cm³/mol. The standard InChI is InChI=1S/C10H13NO3/c1-11(2)9-5-4-7(12)6-8(9)10(13)14-3/h4-6,12H,1-3H3. The highest BCUT2D eigenvalue weighted by Crippen LogP contribution is 2.23. The predicted octanol–water partition coefficient (Wildman–Crippen LogP) is 1.24. The summed E-state index contributed by atoms with van der Waals surface area (Å²) in [6.07, 6.45) is 0. The topological polar surface area (TPSA) is 49.8 Å². The molecular weight excluding hydrogens is 182 g/mol. The first-order valence-electron chi connectivity index (χ1n) is 4.15. The second kappa shape index (κ2) is 4.00. The van der Waals surface area contributed by atoms with Crippen molar-refractivity contribution in [3.05, 3.63) is 23.8 Å². The highest BCUT2D eigenvalue weighted by atomic mass is 16.5. The molecule has 1 rings (SSSR count). The van der Waals surface area contributed by atoms with E-state index in [1.165, 1.54) is 19.2 Å². The van der Waals surface area contributed by atoms with Crippen LogP contribution in [0.4, 0.5) is 5.69 Å². The molecule has 0 bridgehead atoms. The van der Waals surface area contributed by atoms with Gasteiger partial charge in [-0.25, -0.2) is 4.79 Å². The lowest BCUT2D eigenvalue weighted by atomic mass is 10.1. The molecule has 0 aromatic heterocycles. The first-order chi connectivity index (χ1) is 6.56. The smallest absolute Gasteiger partial charge is 0.340 e. The molecule has 0 aliphatic rings. The van der Waals surface area contributed by atoms with Gasteiger partial charge in [-0.15, -0.1) is 0 Å². The molecule has 14 heavy (non-hydrogen) atoms. The summed E-state index contributed by atoms with van der Waals surface area (Å²) < 4.78 is 4.61. The van der Waals surface area contributed by atoms with Crippen molar-refractivity contribution in [2.24, 2.45) is 0 Å². The Bertz CT molecular complexity index is 347. The fourth-order valence-corrected chi connectivity index (χ4v) is 1.19. The molecule has 0 saturated heterocycles. The molecule has 0 saturated carbocycles. The number of carbonyl (C=O) groups is 1. The van der Waals surface area contributed by atoms with Crippen molar-refractivity contribution >= 4 is 11.7 Å². The lowest BCUT2D eigenvalue weighted by Crippen LogP contribution is -2.14. The maximum atomic E-state index is 11.3. The third-order valence-electron chi connectivity index (χ3n) is 1.87. The van der Waals surface area contributed by atoms with Gasteiger partial charge in [-0.1, -0.05) is 0 Å². The summed E-state index contributed by atoms with van der Waals surface area (Å²) in [7, 11) is 4.95. The Labute approximate surface area is 82.7 Å². The minimum absolute atomic E-state index is 0.0519. The number of carbonyl (C=O) groups excluding carboxylic acids is 1. The Morgan fingerprint density at radius 3 is 2.57 bits per heavy atom. The number of hydrogen-bond donors (Lipinski definition) is 1. The van der Waals surface area contributed by atoms with E-state index in [0.717, 1.165) is 5.69 Å². The quantitative estimate of drug-likeness (QED) is 0.721. The summed E-state index contributed by atoms with van der Waals surface area (Å²) in [6.45, 7) is 0. The van der Waals surface area contributed by atoms with Crippen LogP contribution in [0.3, 0.4) is 0 Å². The molecule has 1 aromatic rings. The van der Waals surface area contributed by atoms with Gasteiger partial charge < -0.3 is 14.7 Å². The van der Waals surface area contributed by atoms with Crippen LogP contribution in [0.1, 0.15) is 10.4 Å². The van der Waals surface area contributed by atoms with Crippen LogP contribution in [-0.2, 0) is 4.74 Å². The zero-order chi connectivity index (χ0) is 10.7. The molecule has 4 heteroatoms. The largest absolute Gasteiger partial charge is 0.508 e. The van der Waals surface area contributed by atoms with Crippen LogP contribution in [0.2, 0.25) is 0 Å². The Kier molecular flexibility index (Phi) is 2.96. The van der Waals surface area contributed by atoms with Gasteiger partial charge in [0.15, 0.2) is 0 Å². The fourth-order valence-electron chi connectivity index (χ4n) is 1.19. The van der Waals surface area contributed by atoms with E-state index >= 15 is 0 Å². The van der Waals surface area contributed by atoms with Gasteiger partial charge in [0.1, 0.15) is 5.75 Å². The number of nitrogens with zero attached hydrogens (tertiary/aromatic N) is 1. The van der Waals surface area contributed by atoms with E-state index in [0.29, 0.717) is 5.56 Å². The molecule has 76 valence electrons. The van der Waals surface area contributed by atoms with Gasteiger partial charge in [0.2, 0.25) is 0 Å². The van der Waals surface area contributed by atoms with Crippen LogP contribution >= 0.6 is 0 Å². The number of hydrogen-bond acceptors (Lipinski definition) is 4. The average molecular weight is 195 g/mol. The van der Waals surface area contributed by atoms with Gasteiger partial charge in [0.05, 0.1) is 18.4 Å². The molecule has 0 aliphatic heterocycles. The highest BCUT2D eigenvalue weighted by Gasteiger charge is 2.13. The van der Waals surface area contributed by atoms with Gasteiger partial charge in [0, 0.05) is 14.1 Å². The SMILES string of the molecule is COC(=O)c1cc(O)ccc1N(C)C. The van der Waals surface area contributed by atoms with E-state index in [-0.39, 0.29) is 5.75 Å². The fraction of sp³-hybridized carbons (Fsp3) is 0.300. The third kappa shape index (κ3) is 1.96. The summed E-state index contributed by atoms with van der Waals surface area (Å²) in [4.78, 5) is 13.1. The number of ether oxygens (including phenoxy) is 1. The maximum absolute atomic E-state index is 11.3. The molecule has 0 radical (unpaired) electrons. The van der Waals surface area contributed by atoms with Gasteiger partial charge in [-0.05, 0) is 18.2 Å². The van der Waals surface area contributed by atoms with Crippen LogP contribution in [0.25, 0.3) is 0 Å². The Balaban J connectivity index is 3.22. The maximum Gasteiger partial charge on any atom is 0.340 e.